The van der Waals surface area contributed by atoms with Crippen molar-refractivity contribution in [1.29, 1.82) is 0 Å². The van der Waals surface area contributed by atoms with Crippen molar-refractivity contribution in [2.45, 2.75) is 61.9 Å². The molecule has 14 heteroatoms. The maximum atomic E-state index is 14.3. The van der Waals surface area contributed by atoms with E-state index in [1.54, 1.807) is 0 Å². The number of H-pyrrole nitrogens is 2. The van der Waals surface area contributed by atoms with Crippen LogP contribution in [-0.4, -0.2) is 80.0 Å². The molecule has 4 heterocycles. The van der Waals surface area contributed by atoms with Crippen LogP contribution in [-0.2, 0) is 19.1 Å². The molecular formula is C54H48N8O6. The molecule has 2 aliphatic carbocycles. The lowest BCUT2D eigenvalue weighted by atomic mass is 9.97. The van der Waals surface area contributed by atoms with E-state index in [2.05, 4.69) is 81.3 Å². The van der Waals surface area contributed by atoms with Gasteiger partial charge in [-0.05, 0) is 118 Å². The maximum absolute atomic E-state index is 14.3. The Morgan fingerprint density at radius 2 is 0.926 bits per heavy atom. The first-order valence-corrected chi connectivity index (χ1v) is 23.2. The molecule has 8 atom stereocenters. The number of hydrogen-bond acceptors (Lipinski definition) is 8. The normalized spacial score (nSPS) is 22.1. The number of aromatic amines is 2. The van der Waals surface area contributed by atoms with E-state index < -0.39 is 24.3 Å². The Balaban J connectivity index is 0.775. The van der Waals surface area contributed by atoms with E-state index >= 15 is 0 Å². The Morgan fingerprint density at radius 3 is 1.34 bits per heavy atom. The third-order valence-corrected chi connectivity index (χ3v) is 14.5. The molecule has 4 aliphatic rings. The van der Waals surface area contributed by atoms with Gasteiger partial charge in [-0.15, -0.1) is 0 Å². The summed E-state index contributed by atoms with van der Waals surface area (Å²) in [7, 11) is 2.59. The summed E-state index contributed by atoms with van der Waals surface area (Å²) in [5.74, 6) is 1.95. The number of rotatable bonds is 10. The third-order valence-electron chi connectivity index (χ3n) is 14.5. The summed E-state index contributed by atoms with van der Waals surface area (Å²) in [5, 5.41) is 7.76. The minimum Gasteiger partial charge on any atom is -0.453 e. The predicted molar refractivity (Wildman–Crippen MR) is 256 cm³/mol. The molecule has 2 aromatic heterocycles. The first-order chi connectivity index (χ1) is 33.2. The molecule has 0 unspecified atom stereocenters. The molecule has 14 nitrogen and oxygen atoms in total. The summed E-state index contributed by atoms with van der Waals surface area (Å²) in [6.45, 7) is 0. The lowest BCUT2D eigenvalue weighted by Crippen LogP contribution is -2.44. The number of imidazole rings is 2. The van der Waals surface area contributed by atoms with Crippen LogP contribution in [0.3, 0.4) is 0 Å². The minimum atomic E-state index is -0.878. The first kappa shape index (κ1) is 41.4. The molecule has 6 aromatic carbocycles. The lowest BCUT2D eigenvalue weighted by molar-refractivity contribution is -0.136. The van der Waals surface area contributed by atoms with Gasteiger partial charge >= 0.3 is 12.2 Å². The fourth-order valence-corrected chi connectivity index (χ4v) is 10.9. The largest absolute Gasteiger partial charge is 0.453 e. The molecule has 2 aliphatic heterocycles. The number of carbonyl (C=O) groups excluding carboxylic acids is 4. The fraction of sp³-hybridized carbons (Fsp3) is 0.259. The molecule has 4 N–H and O–H groups in total. The number of piperidine rings is 2. The molecule has 12 rings (SSSR count). The van der Waals surface area contributed by atoms with Gasteiger partial charge in [-0.3, -0.25) is 9.59 Å². The van der Waals surface area contributed by atoms with Crippen molar-refractivity contribution in [2.75, 3.05) is 14.2 Å². The van der Waals surface area contributed by atoms with Crippen LogP contribution < -0.4 is 10.6 Å². The minimum absolute atomic E-state index is 0.109. The second-order valence-corrected chi connectivity index (χ2v) is 18.6. The number of fused-ring (bicyclic) bond motifs is 5. The second-order valence-electron chi connectivity index (χ2n) is 18.6. The van der Waals surface area contributed by atoms with Crippen LogP contribution in [0.5, 0.6) is 0 Å². The summed E-state index contributed by atoms with van der Waals surface area (Å²) in [6, 6.07) is 42.0. The zero-order chi connectivity index (χ0) is 46.2. The summed E-state index contributed by atoms with van der Waals surface area (Å²) >= 11 is 0. The molecule has 0 radical (unpaired) electrons. The molecule has 68 heavy (non-hydrogen) atoms. The molecule has 2 saturated heterocycles. The van der Waals surface area contributed by atoms with Gasteiger partial charge in [0, 0.05) is 12.1 Å². The number of benzene rings is 6. The summed E-state index contributed by atoms with van der Waals surface area (Å²) in [4.78, 5) is 74.3. The number of amides is 4. The highest BCUT2D eigenvalue weighted by Gasteiger charge is 2.57. The van der Waals surface area contributed by atoms with Crippen molar-refractivity contribution in [3.8, 4) is 22.3 Å². The molecule has 8 aromatic rings. The van der Waals surface area contributed by atoms with Gasteiger partial charge in [0.25, 0.3) is 11.8 Å². The number of carbonyl (C=O) groups is 4. The smallest absolute Gasteiger partial charge is 0.407 e. The van der Waals surface area contributed by atoms with E-state index in [1.807, 2.05) is 82.6 Å². The fourth-order valence-electron chi connectivity index (χ4n) is 10.9. The SMILES string of the molecule is COC(=O)N[C@@H](C(=O)N1[C@@H]2C[C@@H]2C[C@H]1c1nc2ccc(-c3ccc4cc(-c5ccc6nc([C@@H]7C[C@H]8C[C@H]8N7C(=O)[C@H](NC(=O)OC)c7ccccc7)[nH]c6c5)ccc4c3)cc2[nH]1)c1ccccc1. The number of aromatic nitrogens is 4. The van der Waals surface area contributed by atoms with Gasteiger partial charge in [-0.25, -0.2) is 19.6 Å². The maximum Gasteiger partial charge on any atom is 0.407 e. The summed E-state index contributed by atoms with van der Waals surface area (Å²) in [5.41, 5.74) is 9.05. The van der Waals surface area contributed by atoms with E-state index in [9.17, 15) is 19.2 Å². The molecule has 0 spiro atoms. The topological polar surface area (TPSA) is 175 Å². The van der Waals surface area contributed by atoms with Crippen LogP contribution in [0.2, 0.25) is 0 Å². The summed E-state index contributed by atoms with van der Waals surface area (Å²) in [6.07, 6.45) is 2.19. The zero-order valence-corrected chi connectivity index (χ0v) is 37.4. The molecule has 4 fully saturated rings. The quantitative estimate of drug-likeness (QED) is 0.105. The Hall–Kier alpha value is -8.00. The van der Waals surface area contributed by atoms with Crippen molar-refractivity contribution in [3.63, 3.8) is 0 Å². The number of nitrogens with zero attached hydrogens (tertiary/aromatic N) is 4. The standard InChI is InChI=1S/C54H48N8O6/c1-67-53(65)59-47(29-9-5-3-6-10-29)51(63)61-43-25-37(43)27-45(61)49-55-39-19-17-35(23-41(39)57-49)33-15-13-32-22-34(16-14-31(32)21-33)36-18-20-40-42(24-36)58-50(56-40)46-28-38-26-44(38)62(46)52(64)48(60-54(66)68-2)30-11-7-4-8-12-30/h3-24,37-38,43-48H,25-28H2,1-2H3,(H,55,57)(H,56,58)(H,59,65)(H,60,66)/t37-,38-,43-,44-,45+,46+,47-,48-/m1/s1. The van der Waals surface area contributed by atoms with Crippen LogP contribution in [0.25, 0.3) is 55.1 Å². The van der Waals surface area contributed by atoms with Gasteiger partial charge in [0.15, 0.2) is 0 Å². The Bertz CT molecular complexity index is 3080. The molecule has 2 saturated carbocycles. The Kier molecular flexibility index (Phi) is 9.99. The molecule has 340 valence electrons. The second kappa shape index (κ2) is 16.4. The van der Waals surface area contributed by atoms with E-state index in [-0.39, 0.29) is 36.0 Å². The van der Waals surface area contributed by atoms with Gasteiger partial charge in [0.1, 0.15) is 23.7 Å². The van der Waals surface area contributed by atoms with Gasteiger partial charge in [-0.1, -0.05) is 97.1 Å². The average Bonchev–Trinajstić information content (AvgIpc) is 4.04. The van der Waals surface area contributed by atoms with Crippen LogP contribution in [0.1, 0.15) is 72.6 Å². The average molecular weight is 905 g/mol. The van der Waals surface area contributed by atoms with Crippen LogP contribution >= 0.6 is 0 Å². The summed E-state index contributed by atoms with van der Waals surface area (Å²) < 4.78 is 9.80. The van der Waals surface area contributed by atoms with Gasteiger partial charge < -0.3 is 39.9 Å². The number of ether oxygens (including phenoxy) is 2. The monoisotopic (exact) mass is 904 g/mol. The molecule has 0 bridgehead atoms. The van der Waals surface area contributed by atoms with Gasteiger partial charge in [-0.2, -0.15) is 0 Å². The van der Waals surface area contributed by atoms with E-state index in [1.165, 1.54) is 14.2 Å². The highest BCUT2D eigenvalue weighted by molar-refractivity contribution is 5.94. The number of alkyl carbamates (subject to hydrolysis) is 2. The third kappa shape index (κ3) is 7.36. The Morgan fingerprint density at radius 1 is 0.529 bits per heavy atom. The van der Waals surface area contributed by atoms with Crippen molar-refractivity contribution in [1.82, 2.24) is 40.4 Å². The lowest BCUT2D eigenvalue weighted by Gasteiger charge is -2.30. The zero-order valence-electron chi connectivity index (χ0n) is 37.4. The first-order valence-electron chi connectivity index (χ1n) is 23.2. The highest BCUT2D eigenvalue weighted by atomic mass is 16.5. The van der Waals surface area contributed by atoms with E-state index in [0.29, 0.717) is 23.0 Å². The van der Waals surface area contributed by atoms with Crippen LogP contribution in [0.15, 0.2) is 133 Å². The predicted octanol–water partition coefficient (Wildman–Crippen LogP) is 9.44. The number of likely N-dealkylation sites (tertiary alicyclic amines) is 2. The van der Waals surface area contributed by atoms with Crippen molar-refractivity contribution in [2.24, 2.45) is 11.8 Å². The highest BCUT2D eigenvalue weighted by Crippen LogP contribution is 2.55. The van der Waals surface area contributed by atoms with Crippen LogP contribution in [0, 0.1) is 11.8 Å². The van der Waals surface area contributed by atoms with Gasteiger partial charge in [0.2, 0.25) is 0 Å². The number of nitrogens with one attached hydrogen (secondary N) is 4. The van der Waals surface area contributed by atoms with E-state index in [4.69, 9.17) is 19.4 Å². The molecular weight excluding hydrogens is 857 g/mol. The number of methoxy groups -OCH3 is 2. The molecule has 4 amide bonds. The van der Waals surface area contributed by atoms with Gasteiger partial charge in [0.05, 0.1) is 48.4 Å². The van der Waals surface area contributed by atoms with E-state index in [0.717, 1.165) is 92.4 Å². The van der Waals surface area contributed by atoms with Crippen molar-refractivity contribution in [3.05, 3.63) is 156 Å². The van der Waals surface area contributed by atoms with Crippen molar-refractivity contribution < 1.29 is 28.7 Å². The Labute approximate surface area is 391 Å². The number of hydrogen-bond donors (Lipinski definition) is 4. The van der Waals surface area contributed by atoms with Crippen molar-refractivity contribution >= 4 is 56.8 Å². The van der Waals surface area contributed by atoms with Crippen LogP contribution in [0.4, 0.5) is 9.59 Å².